The summed E-state index contributed by atoms with van der Waals surface area (Å²) in [5.74, 6) is 0.908. The van der Waals surface area contributed by atoms with Crippen molar-refractivity contribution in [1.82, 2.24) is 15.5 Å². The molecule has 0 bridgehead atoms. The Bertz CT molecular complexity index is 539. The molecule has 1 aliphatic rings. The van der Waals surface area contributed by atoms with Gasteiger partial charge < -0.3 is 15.5 Å². The molecule has 5 nitrogen and oxygen atoms in total. The zero-order valence-corrected chi connectivity index (χ0v) is 18.5. The molecule has 0 aliphatic carbocycles. The summed E-state index contributed by atoms with van der Waals surface area (Å²) in [6.07, 6.45) is 1.11. The lowest BCUT2D eigenvalue weighted by atomic mass is 10.1. The zero-order valence-electron chi connectivity index (χ0n) is 16.1. The Morgan fingerprint density at radius 2 is 1.76 bits per heavy atom. The maximum Gasteiger partial charge on any atom is 0.191 e. The number of anilines is 1. The molecule has 1 saturated heterocycles. The van der Waals surface area contributed by atoms with Gasteiger partial charge in [-0.05, 0) is 37.5 Å². The second-order valence-corrected chi connectivity index (χ2v) is 6.47. The van der Waals surface area contributed by atoms with Crippen molar-refractivity contribution in [3.05, 3.63) is 29.3 Å². The number of rotatable bonds is 6. The molecule has 1 fully saturated rings. The van der Waals surface area contributed by atoms with E-state index in [0.29, 0.717) is 0 Å². The van der Waals surface area contributed by atoms with E-state index in [0.717, 1.165) is 58.2 Å². The molecule has 0 amide bonds. The maximum absolute atomic E-state index is 4.25. The van der Waals surface area contributed by atoms with E-state index in [1.807, 2.05) is 7.05 Å². The Morgan fingerprint density at radius 1 is 1.08 bits per heavy atom. The minimum Gasteiger partial charge on any atom is -0.369 e. The van der Waals surface area contributed by atoms with E-state index in [2.05, 4.69) is 64.4 Å². The summed E-state index contributed by atoms with van der Waals surface area (Å²) in [4.78, 5) is 9.30. The van der Waals surface area contributed by atoms with Gasteiger partial charge in [0.05, 0.1) is 0 Å². The molecule has 2 rings (SSSR count). The third-order valence-corrected chi connectivity index (χ3v) is 4.78. The van der Waals surface area contributed by atoms with Crippen molar-refractivity contribution < 1.29 is 0 Å². The molecule has 0 radical (unpaired) electrons. The number of aryl methyl sites for hydroxylation is 1. The normalized spacial score (nSPS) is 15.7. The highest BCUT2D eigenvalue weighted by molar-refractivity contribution is 14.0. The summed E-state index contributed by atoms with van der Waals surface area (Å²) >= 11 is 0. The number of hydrogen-bond donors (Lipinski definition) is 2. The van der Waals surface area contributed by atoms with Crippen LogP contribution in [0.3, 0.4) is 0 Å². The average Bonchev–Trinajstić information content (AvgIpc) is 2.61. The Labute approximate surface area is 170 Å². The van der Waals surface area contributed by atoms with Crippen LogP contribution in [0.4, 0.5) is 5.69 Å². The minimum absolute atomic E-state index is 0. The summed E-state index contributed by atoms with van der Waals surface area (Å²) in [5.41, 5.74) is 4.19. The van der Waals surface area contributed by atoms with Crippen molar-refractivity contribution in [1.29, 1.82) is 0 Å². The van der Waals surface area contributed by atoms with Gasteiger partial charge in [-0.3, -0.25) is 9.89 Å². The van der Waals surface area contributed by atoms with E-state index >= 15 is 0 Å². The number of nitrogens with one attached hydrogen (secondary N) is 2. The Morgan fingerprint density at radius 3 is 2.40 bits per heavy atom. The predicted molar refractivity (Wildman–Crippen MR) is 120 cm³/mol. The van der Waals surface area contributed by atoms with Gasteiger partial charge in [0.15, 0.2) is 5.96 Å². The van der Waals surface area contributed by atoms with Crippen molar-refractivity contribution in [2.45, 2.75) is 27.2 Å². The van der Waals surface area contributed by atoms with E-state index in [1.165, 1.54) is 16.8 Å². The monoisotopic (exact) mass is 459 g/mol. The van der Waals surface area contributed by atoms with E-state index in [-0.39, 0.29) is 24.0 Å². The Hall–Kier alpha value is -1.02. The molecule has 1 heterocycles. The molecule has 0 aromatic heterocycles. The van der Waals surface area contributed by atoms with Gasteiger partial charge in [-0.1, -0.05) is 19.1 Å². The SMILES string of the molecule is CCCNC(=NC)NCCN1CCN(c2cccc(C)c2C)CC1.I. The first-order chi connectivity index (χ1) is 11.7. The summed E-state index contributed by atoms with van der Waals surface area (Å²) < 4.78 is 0. The standard InChI is InChI=1S/C19H33N5.HI/c1-5-9-21-19(20-4)22-10-11-23-12-14-24(15-13-23)18-8-6-7-16(2)17(18)3;/h6-8H,5,9-15H2,1-4H3,(H2,20,21,22);1H. The average molecular weight is 459 g/mol. The van der Waals surface area contributed by atoms with Gasteiger partial charge >= 0.3 is 0 Å². The molecule has 0 saturated carbocycles. The number of benzene rings is 1. The number of halogens is 1. The summed E-state index contributed by atoms with van der Waals surface area (Å²) in [7, 11) is 1.83. The molecule has 1 aromatic carbocycles. The third-order valence-electron chi connectivity index (χ3n) is 4.78. The topological polar surface area (TPSA) is 42.9 Å². The molecular formula is C19H34IN5. The van der Waals surface area contributed by atoms with Crippen LogP contribution in [0.15, 0.2) is 23.2 Å². The van der Waals surface area contributed by atoms with Crippen LogP contribution in [0, 0.1) is 13.8 Å². The summed E-state index contributed by atoms with van der Waals surface area (Å²) in [6.45, 7) is 14.0. The molecule has 0 unspecified atom stereocenters. The van der Waals surface area contributed by atoms with E-state index in [1.54, 1.807) is 0 Å². The van der Waals surface area contributed by atoms with Crippen LogP contribution in [-0.4, -0.2) is 63.7 Å². The molecule has 1 aliphatic heterocycles. The summed E-state index contributed by atoms with van der Waals surface area (Å²) in [5, 5.41) is 6.70. The first-order valence-electron chi connectivity index (χ1n) is 9.13. The van der Waals surface area contributed by atoms with Crippen molar-refractivity contribution in [3.63, 3.8) is 0 Å². The third kappa shape index (κ3) is 6.66. The molecule has 0 atom stereocenters. The first kappa shape index (κ1) is 22.0. The highest BCUT2D eigenvalue weighted by atomic mass is 127. The second-order valence-electron chi connectivity index (χ2n) is 6.47. The van der Waals surface area contributed by atoms with E-state index in [4.69, 9.17) is 0 Å². The van der Waals surface area contributed by atoms with Crippen LogP contribution in [-0.2, 0) is 0 Å². The number of hydrogen-bond acceptors (Lipinski definition) is 3. The van der Waals surface area contributed by atoms with Gasteiger partial charge in [0.1, 0.15) is 0 Å². The lowest BCUT2D eigenvalue weighted by molar-refractivity contribution is 0.261. The molecular weight excluding hydrogens is 425 g/mol. The van der Waals surface area contributed by atoms with Crippen molar-refractivity contribution in [2.24, 2.45) is 4.99 Å². The lowest BCUT2D eigenvalue weighted by Crippen LogP contribution is -2.49. The number of aliphatic imine (C=N–C) groups is 1. The quantitative estimate of drug-likeness (QED) is 0.390. The largest absolute Gasteiger partial charge is 0.369 e. The Balaban J connectivity index is 0.00000312. The van der Waals surface area contributed by atoms with Gasteiger partial charge in [0.2, 0.25) is 0 Å². The highest BCUT2D eigenvalue weighted by Gasteiger charge is 2.18. The highest BCUT2D eigenvalue weighted by Crippen LogP contribution is 2.23. The predicted octanol–water partition coefficient (Wildman–Crippen LogP) is 2.62. The Kier molecular flexibility index (Phi) is 10.2. The van der Waals surface area contributed by atoms with Gasteiger partial charge in [0, 0.05) is 58.5 Å². The molecule has 142 valence electrons. The van der Waals surface area contributed by atoms with Crippen molar-refractivity contribution in [3.8, 4) is 0 Å². The molecule has 6 heteroatoms. The van der Waals surface area contributed by atoms with Crippen LogP contribution in [0.1, 0.15) is 24.5 Å². The molecule has 25 heavy (non-hydrogen) atoms. The van der Waals surface area contributed by atoms with Crippen molar-refractivity contribution in [2.75, 3.05) is 57.8 Å². The molecule has 1 aromatic rings. The summed E-state index contributed by atoms with van der Waals surface area (Å²) in [6, 6.07) is 6.62. The van der Waals surface area contributed by atoms with Gasteiger partial charge in [-0.2, -0.15) is 0 Å². The fourth-order valence-electron chi connectivity index (χ4n) is 3.09. The van der Waals surface area contributed by atoms with Gasteiger partial charge in [0.25, 0.3) is 0 Å². The fraction of sp³-hybridized carbons (Fsp3) is 0.632. The molecule has 2 N–H and O–H groups in total. The van der Waals surface area contributed by atoms with E-state index in [9.17, 15) is 0 Å². The zero-order chi connectivity index (χ0) is 17.4. The first-order valence-corrected chi connectivity index (χ1v) is 9.13. The number of guanidine groups is 1. The van der Waals surface area contributed by atoms with Gasteiger partial charge in [-0.25, -0.2) is 0 Å². The van der Waals surface area contributed by atoms with Crippen LogP contribution >= 0.6 is 24.0 Å². The number of piperazine rings is 1. The second kappa shape index (κ2) is 11.6. The van der Waals surface area contributed by atoms with Crippen LogP contribution in [0.2, 0.25) is 0 Å². The van der Waals surface area contributed by atoms with Crippen LogP contribution in [0.25, 0.3) is 0 Å². The molecule has 0 spiro atoms. The van der Waals surface area contributed by atoms with E-state index < -0.39 is 0 Å². The van der Waals surface area contributed by atoms with Crippen molar-refractivity contribution >= 4 is 35.6 Å². The number of nitrogens with zero attached hydrogens (tertiary/aromatic N) is 3. The van der Waals surface area contributed by atoms with Gasteiger partial charge in [-0.15, -0.1) is 24.0 Å². The maximum atomic E-state index is 4.25. The fourth-order valence-corrected chi connectivity index (χ4v) is 3.09. The van der Waals surface area contributed by atoms with Crippen LogP contribution < -0.4 is 15.5 Å². The van der Waals surface area contributed by atoms with Crippen LogP contribution in [0.5, 0.6) is 0 Å². The minimum atomic E-state index is 0. The smallest absolute Gasteiger partial charge is 0.191 e. The lowest BCUT2D eigenvalue weighted by Gasteiger charge is -2.37.